The summed E-state index contributed by atoms with van der Waals surface area (Å²) in [6.07, 6.45) is 2.56. The Morgan fingerprint density at radius 2 is 2.04 bits per heavy atom. The molecule has 0 radical (unpaired) electrons. The topological polar surface area (TPSA) is 56.8 Å². The summed E-state index contributed by atoms with van der Waals surface area (Å²) < 4.78 is 16.1. The molecule has 128 valence electrons. The Morgan fingerprint density at radius 1 is 1.30 bits per heavy atom. The Bertz CT molecular complexity index is 536. The fraction of sp³-hybridized carbons (Fsp3) is 0.611. The Morgan fingerprint density at radius 3 is 2.65 bits per heavy atom. The predicted molar refractivity (Wildman–Crippen MR) is 89.2 cm³/mol. The zero-order valence-corrected chi connectivity index (χ0v) is 14.5. The van der Waals surface area contributed by atoms with Gasteiger partial charge in [0, 0.05) is 18.6 Å². The summed E-state index contributed by atoms with van der Waals surface area (Å²) in [6.45, 7) is 5.53. The molecule has 1 aliphatic rings. The Labute approximate surface area is 138 Å². The number of benzene rings is 1. The van der Waals surface area contributed by atoms with Crippen LogP contribution in [0.5, 0.6) is 11.5 Å². The molecular formula is C18H27NO4. The largest absolute Gasteiger partial charge is 0.493 e. The van der Waals surface area contributed by atoms with Crippen LogP contribution in [0.2, 0.25) is 0 Å². The van der Waals surface area contributed by atoms with Gasteiger partial charge in [0.15, 0.2) is 11.5 Å². The summed E-state index contributed by atoms with van der Waals surface area (Å²) in [5.41, 5.74) is 0.888. The fourth-order valence-corrected chi connectivity index (χ4v) is 2.76. The third-order valence-corrected chi connectivity index (χ3v) is 4.33. The van der Waals surface area contributed by atoms with Crippen molar-refractivity contribution >= 4 is 5.91 Å². The van der Waals surface area contributed by atoms with E-state index in [1.165, 1.54) is 0 Å². The molecule has 5 heteroatoms. The second kappa shape index (κ2) is 7.68. The van der Waals surface area contributed by atoms with Gasteiger partial charge in [-0.05, 0) is 30.5 Å². The monoisotopic (exact) mass is 321 g/mol. The molecule has 0 aromatic heterocycles. The molecule has 23 heavy (non-hydrogen) atoms. The molecule has 1 aliphatic heterocycles. The lowest BCUT2D eigenvalue weighted by Gasteiger charge is -2.26. The number of amides is 1. The smallest absolute Gasteiger partial charge is 0.222 e. The lowest BCUT2D eigenvalue weighted by molar-refractivity contribution is -0.123. The SMILES string of the molecule is COc1ccc(C(C)(C)CNC(=O)C[C@H]2CCCO2)cc1OC. The van der Waals surface area contributed by atoms with Crippen LogP contribution in [0.25, 0.3) is 0 Å². The Kier molecular flexibility index (Phi) is 5.88. The van der Waals surface area contributed by atoms with Gasteiger partial charge in [-0.15, -0.1) is 0 Å². The fourth-order valence-electron chi connectivity index (χ4n) is 2.76. The van der Waals surface area contributed by atoms with Crippen LogP contribution in [0, 0.1) is 0 Å². The highest BCUT2D eigenvalue weighted by atomic mass is 16.5. The highest BCUT2D eigenvalue weighted by Gasteiger charge is 2.24. The molecule has 0 aliphatic carbocycles. The minimum Gasteiger partial charge on any atom is -0.493 e. The van der Waals surface area contributed by atoms with Gasteiger partial charge >= 0.3 is 0 Å². The zero-order chi connectivity index (χ0) is 16.9. The lowest BCUT2D eigenvalue weighted by Crippen LogP contribution is -2.37. The maximum atomic E-state index is 12.1. The van der Waals surface area contributed by atoms with Crippen molar-refractivity contribution in [2.75, 3.05) is 27.4 Å². The number of hydrogen-bond acceptors (Lipinski definition) is 4. The van der Waals surface area contributed by atoms with E-state index in [1.807, 2.05) is 18.2 Å². The van der Waals surface area contributed by atoms with Gasteiger partial charge in [0.2, 0.25) is 5.91 Å². The Balaban J connectivity index is 1.96. The van der Waals surface area contributed by atoms with Gasteiger partial charge in [-0.2, -0.15) is 0 Å². The van der Waals surface area contributed by atoms with Crippen LogP contribution in [-0.2, 0) is 14.9 Å². The second-order valence-corrected chi connectivity index (χ2v) is 6.57. The molecule has 1 amide bonds. The number of carbonyl (C=O) groups is 1. The van der Waals surface area contributed by atoms with Crippen LogP contribution >= 0.6 is 0 Å². The number of nitrogens with one attached hydrogen (secondary N) is 1. The van der Waals surface area contributed by atoms with E-state index < -0.39 is 0 Å². The van der Waals surface area contributed by atoms with Crippen molar-refractivity contribution in [2.24, 2.45) is 0 Å². The maximum absolute atomic E-state index is 12.1. The third kappa shape index (κ3) is 4.61. The van der Waals surface area contributed by atoms with E-state index in [2.05, 4.69) is 19.2 Å². The van der Waals surface area contributed by atoms with E-state index in [0.29, 0.717) is 24.5 Å². The molecule has 1 N–H and O–H groups in total. The van der Waals surface area contributed by atoms with Gasteiger partial charge < -0.3 is 19.5 Å². The first-order valence-corrected chi connectivity index (χ1v) is 8.07. The summed E-state index contributed by atoms with van der Waals surface area (Å²) in [5, 5.41) is 3.02. The van der Waals surface area contributed by atoms with Crippen molar-refractivity contribution in [1.29, 1.82) is 0 Å². The van der Waals surface area contributed by atoms with Gasteiger partial charge in [0.05, 0.1) is 26.7 Å². The van der Waals surface area contributed by atoms with Gasteiger partial charge in [-0.3, -0.25) is 4.79 Å². The molecule has 0 bridgehead atoms. The van der Waals surface area contributed by atoms with Crippen molar-refractivity contribution in [2.45, 2.75) is 44.6 Å². The molecular weight excluding hydrogens is 294 g/mol. The number of ether oxygens (including phenoxy) is 3. The first-order chi connectivity index (χ1) is 11.0. The van der Waals surface area contributed by atoms with Crippen molar-refractivity contribution in [3.05, 3.63) is 23.8 Å². The number of methoxy groups -OCH3 is 2. The van der Waals surface area contributed by atoms with Crippen molar-refractivity contribution in [3.8, 4) is 11.5 Å². The van der Waals surface area contributed by atoms with E-state index in [4.69, 9.17) is 14.2 Å². The van der Waals surface area contributed by atoms with E-state index >= 15 is 0 Å². The average Bonchev–Trinajstić information content (AvgIpc) is 3.05. The highest BCUT2D eigenvalue weighted by molar-refractivity contribution is 5.76. The van der Waals surface area contributed by atoms with Crippen LogP contribution in [0.3, 0.4) is 0 Å². The summed E-state index contributed by atoms with van der Waals surface area (Å²) in [6, 6.07) is 5.86. The molecule has 1 heterocycles. The van der Waals surface area contributed by atoms with Crippen molar-refractivity contribution in [3.63, 3.8) is 0 Å². The molecule has 2 rings (SSSR count). The van der Waals surface area contributed by atoms with Crippen molar-refractivity contribution < 1.29 is 19.0 Å². The highest BCUT2D eigenvalue weighted by Crippen LogP contribution is 2.32. The van der Waals surface area contributed by atoms with Crippen LogP contribution < -0.4 is 14.8 Å². The van der Waals surface area contributed by atoms with Gasteiger partial charge in [0.1, 0.15) is 0 Å². The normalized spacial score (nSPS) is 17.8. The number of rotatable bonds is 7. The molecule has 1 aromatic rings. The van der Waals surface area contributed by atoms with E-state index in [0.717, 1.165) is 25.0 Å². The third-order valence-electron chi connectivity index (χ3n) is 4.33. The quantitative estimate of drug-likeness (QED) is 0.839. The van der Waals surface area contributed by atoms with Crippen LogP contribution in [0.1, 0.15) is 38.7 Å². The van der Waals surface area contributed by atoms with Gasteiger partial charge in [0.25, 0.3) is 0 Å². The summed E-state index contributed by atoms with van der Waals surface area (Å²) in [4.78, 5) is 12.1. The Hall–Kier alpha value is -1.75. The second-order valence-electron chi connectivity index (χ2n) is 6.57. The van der Waals surface area contributed by atoms with Crippen molar-refractivity contribution in [1.82, 2.24) is 5.32 Å². The van der Waals surface area contributed by atoms with Crippen LogP contribution in [0.4, 0.5) is 0 Å². The summed E-state index contributed by atoms with van der Waals surface area (Å²) in [7, 11) is 3.24. The molecule has 1 atom stereocenters. The first-order valence-electron chi connectivity index (χ1n) is 8.07. The van der Waals surface area contributed by atoms with Crippen LogP contribution in [0.15, 0.2) is 18.2 Å². The standard InChI is InChI=1S/C18H27NO4/c1-18(2,12-19-17(20)11-14-6-5-9-23-14)13-7-8-15(21-3)16(10-13)22-4/h7-8,10,14H,5-6,9,11-12H2,1-4H3,(H,19,20)/t14-/m1/s1. The van der Waals surface area contributed by atoms with E-state index in [-0.39, 0.29) is 17.4 Å². The molecule has 5 nitrogen and oxygen atoms in total. The average molecular weight is 321 g/mol. The molecule has 1 fully saturated rings. The van der Waals surface area contributed by atoms with E-state index in [1.54, 1.807) is 14.2 Å². The minimum atomic E-state index is -0.203. The van der Waals surface area contributed by atoms with Gasteiger partial charge in [-0.1, -0.05) is 19.9 Å². The predicted octanol–water partition coefficient (Wildman–Crippen LogP) is 2.67. The molecule has 0 spiro atoms. The number of carbonyl (C=O) groups excluding carboxylic acids is 1. The molecule has 0 saturated carbocycles. The number of hydrogen-bond donors (Lipinski definition) is 1. The minimum absolute atomic E-state index is 0.0467. The molecule has 1 saturated heterocycles. The van der Waals surface area contributed by atoms with E-state index in [9.17, 15) is 4.79 Å². The zero-order valence-electron chi connectivity index (χ0n) is 14.5. The lowest BCUT2D eigenvalue weighted by atomic mass is 9.84. The van der Waals surface area contributed by atoms with Crippen LogP contribution in [-0.4, -0.2) is 39.4 Å². The molecule has 1 aromatic carbocycles. The summed E-state index contributed by atoms with van der Waals surface area (Å²) >= 11 is 0. The first kappa shape index (κ1) is 17.6. The summed E-state index contributed by atoms with van der Waals surface area (Å²) in [5.74, 6) is 1.45. The maximum Gasteiger partial charge on any atom is 0.222 e. The molecule has 0 unspecified atom stereocenters. The van der Waals surface area contributed by atoms with Gasteiger partial charge in [-0.25, -0.2) is 0 Å².